The Hall–Kier alpha value is -2.84. The van der Waals surface area contributed by atoms with Gasteiger partial charge in [-0.1, -0.05) is 13.3 Å². The molecule has 3 heterocycles. The monoisotopic (exact) mass is 483 g/mol. The molecule has 1 N–H and O–H groups in total. The van der Waals surface area contributed by atoms with Crippen molar-refractivity contribution in [1.82, 2.24) is 14.9 Å². The first-order chi connectivity index (χ1) is 16.6. The number of carbonyl (C=O) groups excluding carboxylic acids is 1. The maximum Gasteiger partial charge on any atom is 0.253 e. The molecule has 8 heteroatoms. The topological polar surface area (TPSA) is 74.6 Å². The lowest BCUT2D eigenvalue weighted by Crippen LogP contribution is -2.25. The Kier molecular flexibility index (Phi) is 8.24. The molecule has 7 nitrogen and oxygen atoms in total. The molecular weight excluding hydrogens is 450 g/mol. The number of nitrogens with one attached hydrogen (secondary N) is 1. The molecule has 1 aromatic carbocycles. The van der Waals surface area contributed by atoms with Crippen LogP contribution in [0.15, 0.2) is 35.7 Å². The van der Waals surface area contributed by atoms with Gasteiger partial charge in [0.05, 0.1) is 30.2 Å². The van der Waals surface area contributed by atoms with E-state index in [0.717, 1.165) is 72.4 Å². The molecule has 1 fully saturated rings. The van der Waals surface area contributed by atoms with Gasteiger partial charge in [0.15, 0.2) is 0 Å². The molecular formula is C26H33N3O4S. The molecule has 1 saturated heterocycles. The Balaban J connectivity index is 1.53. The molecule has 1 unspecified atom stereocenters. The van der Waals surface area contributed by atoms with Crippen LogP contribution < -0.4 is 14.8 Å². The van der Waals surface area contributed by atoms with Crippen molar-refractivity contribution in [1.29, 1.82) is 0 Å². The fraction of sp³-hybridized carbons (Fsp3) is 0.462. The number of carbonyl (C=O) groups is 1. The van der Waals surface area contributed by atoms with E-state index in [4.69, 9.17) is 19.2 Å². The first kappa shape index (κ1) is 24.3. The van der Waals surface area contributed by atoms with Crippen molar-refractivity contribution < 1.29 is 19.0 Å². The number of unbranched alkanes of at least 4 members (excludes halogenated alkanes) is 1. The van der Waals surface area contributed by atoms with Gasteiger partial charge in [-0.2, -0.15) is 0 Å². The summed E-state index contributed by atoms with van der Waals surface area (Å²) in [5, 5.41) is 5.96. The summed E-state index contributed by atoms with van der Waals surface area (Å²) in [6.45, 7) is 6.71. The van der Waals surface area contributed by atoms with Crippen molar-refractivity contribution in [2.24, 2.45) is 0 Å². The van der Waals surface area contributed by atoms with E-state index in [2.05, 4.69) is 16.8 Å². The van der Waals surface area contributed by atoms with Crippen molar-refractivity contribution in [2.75, 3.05) is 20.3 Å². The average molecular weight is 484 g/mol. The SMILES string of the molecule is CCCCNC(=O)c1cc(-c2csc(COc3ccc(OC)cc3)n2)n(CC2CCCO2)c1C. The first-order valence-corrected chi connectivity index (χ1v) is 12.8. The predicted octanol–water partition coefficient (Wildman–Crippen LogP) is 5.22. The molecule has 4 rings (SSSR count). The van der Waals surface area contributed by atoms with Gasteiger partial charge in [0.2, 0.25) is 0 Å². The highest BCUT2D eigenvalue weighted by atomic mass is 32.1. The number of aromatic nitrogens is 2. The molecule has 34 heavy (non-hydrogen) atoms. The first-order valence-electron chi connectivity index (χ1n) is 11.9. The van der Waals surface area contributed by atoms with Gasteiger partial charge in [0.25, 0.3) is 5.91 Å². The van der Waals surface area contributed by atoms with Gasteiger partial charge in [-0.15, -0.1) is 11.3 Å². The third kappa shape index (κ3) is 5.80. The second-order valence-corrected chi connectivity index (χ2v) is 9.42. The van der Waals surface area contributed by atoms with Gasteiger partial charge in [-0.05, 0) is 56.5 Å². The summed E-state index contributed by atoms with van der Waals surface area (Å²) in [6.07, 6.45) is 4.29. The molecule has 182 valence electrons. The number of thiazole rings is 1. The van der Waals surface area contributed by atoms with E-state index in [1.54, 1.807) is 18.4 Å². The smallest absolute Gasteiger partial charge is 0.253 e. The summed E-state index contributed by atoms with van der Waals surface area (Å²) in [4.78, 5) is 17.7. The zero-order valence-electron chi connectivity index (χ0n) is 20.1. The Labute approximate surface area is 205 Å². The minimum absolute atomic E-state index is 0.0309. The summed E-state index contributed by atoms with van der Waals surface area (Å²) >= 11 is 1.56. The fourth-order valence-electron chi connectivity index (χ4n) is 4.10. The van der Waals surface area contributed by atoms with Gasteiger partial charge < -0.3 is 24.1 Å². The Morgan fingerprint density at radius 2 is 2.09 bits per heavy atom. The summed E-state index contributed by atoms with van der Waals surface area (Å²) in [5.41, 5.74) is 3.45. The van der Waals surface area contributed by atoms with Gasteiger partial charge in [0.1, 0.15) is 23.1 Å². The molecule has 0 bridgehead atoms. The lowest BCUT2D eigenvalue weighted by atomic mass is 10.2. The highest BCUT2D eigenvalue weighted by Crippen LogP contribution is 2.30. The van der Waals surface area contributed by atoms with Gasteiger partial charge in [0, 0.05) is 30.8 Å². The van der Waals surface area contributed by atoms with Crippen LogP contribution in [0.4, 0.5) is 0 Å². The number of hydrogen-bond acceptors (Lipinski definition) is 6. The van der Waals surface area contributed by atoms with Crippen LogP contribution in [-0.2, 0) is 17.9 Å². The third-order valence-corrected chi connectivity index (χ3v) is 6.90. The summed E-state index contributed by atoms with van der Waals surface area (Å²) in [6, 6.07) is 9.47. The lowest BCUT2D eigenvalue weighted by Gasteiger charge is -2.15. The van der Waals surface area contributed by atoms with Gasteiger partial charge in [-0.3, -0.25) is 4.79 Å². The average Bonchev–Trinajstić information content (AvgIpc) is 3.60. The molecule has 0 radical (unpaired) electrons. The largest absolute Gasteiger partial charge is 0.497 e. The van der Waals surface area contributed by atoms with Crippen molar-refractivity contribution in [3.63, 3.8) is 0 Å². The number of rotatable bonds is 11. The van der Waals surface area contributed by atoms with E-state index in [9.17, 15) is 4.79 Å². The second kappa shape index (κ2) is 11.5. The third-order valence-electron chi connectivity index (χ3n) is 6.07. The van der Waals surface area contributed by atoms with Gasteiger partial charge in [-0.25, -0.2) is 4.98 Å². The van der Waals surface area contributed by atoms with Crippen LogP contribution in [0.2, 0.25) is 0 Å². The van der Waals surface area contributed by atoms with Crippen LogP contribution in [0.5, 0.6) is 11.5 Å². The van der Waals surface area contributed by atoms with Crippen molar-refractivity contribution in [3.8, 4) is 22.9 Å². The zero-order valence-corrected chi connectivity index (χ0v) is 21.0. The van der Waals surface area contributed by atoms with E-state index < -0.39 is 0 Å². The molecule has 0 saturated carbocycles. The van der Waals surface area contributed by atoms with E-state index in [0.29, 0.717) is 18.7 Å². The molecule has 3 aromatic rings. The normalized spacial score (nSPS) is 15.4. The molecule has 1 amide bonds. The Morgan fingerprint density at radius 3 is 2.79 bits per heavy atom. The van der Waals surface area contributed by atoms with E-state index >= 15 is 0 Å². The number of hydrogen-bond donors (Lipinski definition) is 1. The maximum atomic E-state index is 12.9. The maximum absolute atomic E-state index is 12.9. The minimum Gasteiger partial charge on any atom is -0.497 e. The number of nitrogens with zero attached hydrogens (tertiary/aromatic N) is 2. The molecule has 0 aliphatic carbocycles. The van der Waals surface area contributed by atoms with Crippen molar-refractivity contribution in [3.05, 3.63) is 52.0 Å². The van der Waals surface area contributed by atoms with Crippen molar-refractivity contribution in [2.45, 2.75) is 58.8 Å². The van der Waals surface area contributed by atoms with Crippen LogP contribution in [-0.4, -0.2) is 41.8 Å². The fourth-order valence-corrected chi connectivity index (χ4v) is 4.80. The lowest BCUT2D eigenvalue weighted by molar-refractivity contribution is 0.0941. The Bertz CT molecular complexity index is 1080. The highest BCUT2D eigenvalue weighted by Gasteiger charge is 2.24. The minimum atomic E-state index is -0.0309. The molecule has 1 aliphatic heterocycles. The summed E-state index contributed by atoms with van der Waals surface area (Å²) in [5.74, 6) is 1.53. The molecule has 1 atom stereocenters. The highest BCUT2D eigenvalue weighted by molar-refractivity contribution is 7.09. The van der Waals surface area contributed by atoms with Crippen LogP contribution >= 0.6 is 11.3 Å². The summed E-state index contributed by atoms with van der Waals surface area (Å²) in [7, 11) is 1.64. The number of ether oxygens (including phenoxy) is 3. The van der Waals surface area contributed by atoms with Gasteiger partial charge >= 0.3 is 0 Å². The van der Waals surface area contributed by atoms with E-state index in [1.165, 1.54) is 0 Å². The molecule has 2 aromatic heterocycles. The second-order valence-electron chi connectivity index (χ2n) is 8.47. The number of benzene rings is 1. The van der Waals surface area contributed by atoms with Crippen LogP contribution in [0.3, 0.4) is 0 Å². The molecule has 0 spiro atoms. The van der Waals surface area contributed by atoms with Crippen LogP contribution in [0.25, 0.3) is 11.4 Å². The van der Waals surface area contributed by atoms with Crippen LogP contribution in [0, 0.1) is 6.92 Å². The summed E-state index contributed by atoms with van der Waals surface area (Å²) < 4.78 is 19.2. The van der Waals surface area contributed by atoms with E-state index in [1.807, 2.05) is 42.6 Å². The quantitative estimate of drug-likeness (QED) is 0.379. The standard InChI is InChI=1S/C26H33N3O4S/c1-4-5-12-27-26(30)22-14-24(29(18(22)2)15-21-7-6-13-32-21)23-17-34-25(28-23)16-33-20-10-8-19(31-3)9-11-20/h8-11,14,17,21H,4-7,12-13,15-16H2,1-3H3,(H,27,30). The zero-order chi connectivity index (χ0) is 23.9. The van der Waals surface area contributed by atoms with Crippen molar-refractivity contribution >= 4 is 17.2 Å². The number of methoxy groups -OCH3 is 1. The predicted molar refractivity (Wildman–Crippen MR) is 134 cm³/mol. The molecule has 1 aliphatic rings. The van der Waals surface area contributed by atoms with E-state index in [-0.39, 0.29) is 12.0 Å². The Morgan fingerprint density at radius 1 is 1.29 bits per heavy atom. The number of amides is 1. The van der Waals surface area contributed by atoms with Crippen LogP contribution in [0.1, 0.15) is 53.7 Å².